The number of aryl methyl sites for hydroxylation is 2. The molecule has 0 saturated heterocycles. The first-order valence-corrected chi connectivity index (χ1v) is 9.52. The van der Waals surface area contributed by atoms with Crippen molar-refractivity contribution in [2.75, 3.05) is 0 Å². The van der Waals surface area contributed by atoms with Crippen LogP contribution in [0, 0.1) is 36.9 Å². The Morgan fingerprint density at radius 1 is 1.21 bits per heavy atom. The van der Waals surface area contributed by atoms with Gasteiger partial charge in [0.05, 0.1) is 5.69 Å². The van der Waals surface area contributed by atoms with Gasteiger partial charge in [-0.15, -0.1) is 0 Å². The van der Waals surface area contributed by atoms with Crippen LogP contribution in [0.15, 0.2) is 47.4 Å². The zero-order valence-corrected chi connectivity index (χ0v) is 16.3. The van der Waals surface area contributed by atoms with E-state index in [1.807, 2.05) is 13.0 Å². The molecule has 0 atom stereocenters. The number of halogens is 1. The van der Waals surface area contributed by atoms with Crippen LogP contribution in [-0.2, 0) is 6.54 Å². The Kier molecular flexibility index (Phi) is 4.89. The van der Waals surface area contributed by atoms with Crippen molar-refractivity contribution in [1.29, 1.82) is 5.26 Å². The lowest BCUT2D eigenvalue weighted by molar-refractivity contribution is 0.437. The molecule has 146 valence electrons. The number of hydrogen-bond donors (Lipinski definition) is 0. The Bertz CT molecular complexity index is 1190. The van der Waals surface area contributed by atoms with Crippen LogP contribution in [0.3, 0.4) is 0 Å². The highest BCUT2D eigenvalue weighted by Crippen LogP contribution is 2.32. The van der Waals surface area contributed by atoms with Gasteiger partial charge in [0.1, 0.15) is 17.4 Å². The molecule has 0 N–H and O–H groups in total. The van der Waals surface area contributed by atoms with Gasteiger partial charge < -0.3 is 9.30 Å². The van der Waals surface area contributed by atoms with E-state index < -0.39 is 5.82 Å². The molecule has 1 fully saturated rings. The second kappa shape index (κ2) is 7.51. The van der Waals surface area contributed by atoms with Crippen molar-refractivity contribution >= 4 is 0 Å². The molecule has 0 radical (unpaired) electrons. The lowest BCUT2D eigenvalue weighted by Crippen LogP contribution is -2.23. The van der Waals surface area contributed by atoms with Gasteiger partial charge in [-0.25, -0.2) is 4.39 Å². The normalized spacial score (nSPS) is 13.2. The molecule has 1 aliphatic carbocycles. The number of hydrogen-bond acceptors (Lipinski definition) is 4. The van der Waals surface area contributed by atoms with Crippen molar-refractivity contribution in [1.82, 2.24) is 9.55 Å². The fourth-order valence-electron chi connectivity index (χ4n) is 3.30. The maximum atomic E-state index is 14.7. The average Bonchev–Trinajstić information content (AvgIpc) is 3.51. The number of pyridine rings is 2. The van der Waals surface area contributed by atoms with Crippen LogP contribution in [0.25, 0.3) is 11.1 Å². The number of nitriles is 1. The Morgan fingerprint density at radius 3 is 2.62 bits per heavy atom. The molecule has 0 spiro atoms. The summed E-state index contributed by atoms with van der Waals surface area (Å²) < 4.78 is 22.0. The lowest BCUT2D eigenvalue weighted by Gasteiger charge is -2.12. The first kappa shape index (κ1) is 18.9. The Morgan fingerprint density at radius 2 is 1.97 bits per heavy atom. The molecule has 2 aromatic heterocycles. The third-order valence-electron chi connectivity index (χ3n) is 5.07. The number of benzene rings is 1. The van der Waals surface area contributed by atoms with Gasteiger partial charge in [-0.2, -0.15) is 5.26 Å². The first-order chi connectivity index (χ1) is 14.0. The monoisotopic (exact) mass is 389 g/mol. The number of aromatic nitrogens is 2. The standard InChI is InChI=1S/C23H20FN3O2/c1-14-3-7-21(15(2)26-14)29-22-8-6-17(11-20(22)24)18-9-10-27(13-16-4-5-16)23(28)19(18)12-25/h3,6-11,16H,4-5,13H2,1-2H3. The fourth-order valence-corrected chi connectivity index (χ4v) is 3.30. The maximum Gasteiger partial charge on any atom is 0.269 e. The molecule has 1 aliphatic rings. The largest absolute Gasteiger partial charge is 0.452 e. The van der Waals surface area contributed by atoms with Crippen molar-refractivity contribution in [3.63, 3.8) is 0 Å². The van der Waals surface area contributed by atoms with Crippen molar-refractivity contribution in [2.24, 2.45) is 5.92 Å². The fraction of sp³-hybridized carbons (Fsp3) is 0.261. The molecule has 0 amide bonds. The van der Waals surface area contributed by atoms with Crippen molar-refractivity contribution in [3.05, 3.63) is 75.7 Å². The molecule has 6 heteroatoms. The molecule has 29 heavy (non-hydrogen) atoms. The van der Waals surface area contributed by atoms with Gasteiger partial charge in [0, 0.05) is 24.0 Å². The summed E-state index contributed by atoms with van der Waals surface area (Å²) in [5.41, 5.74) is 2.09. The second-order valence-corrected chi connectivity index (χ2v) is 7.40. The molecule has 1 saturated carbocycles. The quantitative estimate of drug-likeness (QED) is 0.632. The molecule has 5 nitrogen and oxygen atoms in total. The molecule has 0 bridgehead atoms. The van der Waals surface area contributed by atoms with Gasteiger partial charge in [-0.1, -0.05) is 6.07 Å². The Hall–Kier alpha value is -3.46. The van der Waals surface area contributed by atoms with Gasteiger partial charge in [-0.05, 0) is 68.5 Å². The van der Waals surface area contributed by atoms with Crippen molar-refractivity contribution in [2.45, 2.75) is 33.2 Å². The Labute approximate surface area is 168 Å². The summed E-state index contributed by atoms with van der Waals surface area (Å²) in [7, 11) is 0. The highest BCUT2D eigenvalue weighted by molar-refractivity contribution is 5.70. The predicted octanol–water partition coefficient (Wildman–Crippen LogP) is 4.74. The van der Waals surface area contributed by atoms with E-state index in [-0.39, 0.29) is 16.9 Å². The van der Waals surface area contributed by atoms with Gasteiger partial charge in [-0.3, -0.25) is 9.78 Å². The third-order valence-corrected chi connectivity index (χ3v) is 5.07. The third kappa shape index (κ3) is 3.90. The van der Waals surface area contributed by atoms with E-state index in [0.717, 1.165) is 18.5 Å². The van der Waals surface area contributed by atoms with Crippen LogP contribution >= 0.6 is 0 Å². The van der Waals surface area contributed by atoms with E-state index >= 15 is 0 Å². The summed E-state index contributed by atoms with van der Waals surface area (Å²) in [5.74, 6) is 0.470. The molecule has 2 heterocycles. The van der Waals surface area contributed by atoms with Gasteiger partial charge in [0.25, 0.3) is 5.56 Å². The molecular weight excluding hydrogens is 369 g/mol. The van der Waals surface area contributed by atoms with Crippen molar-refractivity contribution < 1.29 is 9.13 Å². The minimum atomic E-state index is -0.575. The molecule has 4 rings (SSSR count). The van der Waals surface area contributed by atoms with E-state index in [2.05, 4.69) is 4.98 Å². The SMILES string of the molecule is Cc1ccc(Oc2ccc(-c3ccn(CC4CC4)c(=O)c3C#N)cc2F)c(C)n1. The van der Waals surface area contributed by atoms with E-state index in [4.69, 9.17) is 4.74 Å². The van der Waals surface area contributed by atoms with E-state index in [1.54, 1.807) is 42.0 Å². The highest BCUT2D eigenvalue weighted by atomic mass is 19.1. The second-order valence-electron chi connectivity index (χ2n) is 7.40. The van der Waals surface area contributed by atoms with Crippen LogP contribution in [0.4, 0.5) is 4.39 Å². The summed E-state index contributed by atoms with van der Waals surface area (Å²) in [6.45, 7) is 4.29. The topological polar surface area (TPSA) is 67.9 Å². The summed E-state index contributed by atoms with van der Waals surface area (Å²) >= 11 is 0. The molecule has 3 aromatic rings. The predicted molar refractivity (Wildman–Crippen MR) is 107 cm³/mol. The summed E-state index contributed by atoms with van der Waals surface area (Å²) in [6, 6.07) is 11.7. The molecule has 0 unspecified atom stereocenters. The summed E-state index contributed by atoms with van der Waals surface area (Å²) in [6.07, 6.45) is 3.90. The van der Waals surface area contributed by atoms with Crippen LogP contribution in [0.5, 0.6) is 11.5 Å². The average molecular weight is 389 g/mol. The molecular formula is C23H20FN3O2. The summed E-state index contributed by atoms with van der Waals surface area (Å²) in [5, 5.41) is 9.52. The minimum Gasteiger partial charge on any atom is -0.452 e. The van der Waals surface area contributed by atoms with E-state index in [0.29, 0.717) is 35.0 Å². The van der Waals surface area contributed by atoms with Crippen molar-refractivity contribution in [3.8, 4) is 28.7 Å². The zero-order chi connectivity index (χ0) is 20.5. The van der Waals surface area contributed by atoms with Crippen LogP contribution in [-0.4, -0.2) is 9.55 Å². The lowest BCUT2D eigenvalue weighted by atomic mass is 10.0. The highest BCUT2D eigenvalue weighted by Gasteiger charge is 2.23. The van der Waals surface area contributed by atoms with E-state index in [9.17, 15) is 14.4 Å². The maximum absolute atomic E-state index is 14.7. The van der Waals surface area contributed by atoms with Gasteiger partial charge in [0.2, 0.25) is 0 Å². The van der Waals surface area contributed by atoms with Crippen LogP contribution in [0.2, 0.25) is 0 Å². The Balaban J connectivity index is 1.66. The minimum absolute atomic E-state index is 0.0276. The number of nitrogens with zero attached hydrogens (tertiary/aromatic N) is 3. The first-order valence-electron chi connectivity index (χ1n) is 9.52. The molecule has 0 aliphatic heterocycles. The van der Waals surface area contributed by atoms with Crippen LogP contribution < -0.4 is 10.3 Å². The van der Waals surface area contributed by atoms with Crippen LogP contribution in [0.1, 0.15) is 29.8 Å². The number of rotatable bonds is 5. The summed E-state index contributed by atoms with van der Waals surface area (Å²) in [4.78, 5) is 16.9. The molecule has 1 aromatic carbocycles. The zero-order valence-electron chi connectivity index (χ0n) is 16.3. The smallest absolute Gasteiger partial charge is 0.269 e. The van der Waals surface area contributed by atoms with Gasteiger partial charge in [0.15, 0.2) is 11.6 Å². The van der Waals surface area contributed by atoms with Gasteiger partial charge >= 0.3 is 0 Å². The number of ether oxygens (including phenoxy) is 1. The van der Waals surface area contributed by atoms with E-state index in [1.165, 1.54) is 12.1 Å².